The van der Waals surface area contributed by atoms with Gasteiger partial charge in [-0.15, -0.1) is 0 Å². The molecule has 0 spiro atoms. The molecule has 0 aromatic heterocycles. The quantitative estimate of drug-likeness (QED) is 0.402. The van der Waals surface area contributed by atoms with Gasteiger partial charge in [0.2, 0.25) is 0 Å². The molecule has 1 heterocycles. The van der Waals surface area contributed by atoms with E-state index in [-0.39, 0.29) is 6.10 Å². The fourth-order valence-corrected chi connectivity index (χ4v) is 0.566. The average molecular weight is 114 g/mol. The van der Waals surface area contributed by atoms with Gasteiger partial charge in [0.15, 0.2) is 0 Å². The molecule has 1 saturated heterocycles. The van der Waals surface area contributed by atoms with Crippen molar-refractivity contribution < 1.29 is 9.47 Å². The Labute approximate surface area is 49.1 Å². The molecule has 0 bridgehead atoms. The summed E-state index contributed by atoms with van der Waals surface area (Å²) in [6.07, 6.45) is 1.97. The number of rotatable bonds is 3. The van der Waals surface area contributed by atoms with Crippen LogP contribution >= 0.6 is 0 Å². The first-order chi connectivity index (χ1) is 3.84. The molecule has 0 aromatic rings. The summed E-state index contributed by atoms with van der Waals surface area (Å²) in [6, 6.07) is 0. The molecule has 1 rings (SSSR count). The van der Waals surface area contributed by atoms with Gasteiger partial charge in [-0.25, -0.2) is 0 Å². The van der Waals surface area contributed by atoms with E-state index in [9.17, 15) is 0 Å². The lowest BCUT2D eigenvalue weighted by molar-refractivity contribution is 0.128. The summed E-state index contributed by atoms with van der Waals surface area (Å²) in [5, 5.41) is 0. The molecule has 0 radical (unpaired) electrons. The molecular weight excluding hydrogens is 104 g/mol. The summed E-state index contributed by atoms with van der Waals surface area (Å²) < 4.78 is 9.95. The summed E-state index contributed by atoms with van der Waals surface area (Å²) in [6.45, 7) is 6.25. The lowest BCUT2D eigenvalue weighted by Crippen LogP contribution is -2.11. The summed E-state index contributed by atoms with van der Waals surface area (Å²) >= 11 is 0. The molecule has 0 aromatic carbocycles. The predicted octanol–water partition coefficient (Wildman–Crippen LogP) is 0.934. The van der Waals surface area contributed by atoms with Gasteiger partial charge in [-0.1, -0.05) is 6.58 Å². The van der Waals surface area contributed by atoms with E-state index in [0.29, 0.717) is 6.10 Å². The molecule has 0 saturated carbocycles. The van der Waals surface area contributed by atoms with E-state index in [1.165, 1.54) is 6.26 Å². The third-order valence-corrected chi connectivity index (χ3v) is 1.19. The van der Waals surface area contributed by atoms with E-state index < -0.39 is 0 Å². The molecule has 8 heavy (non-hydrogen) atoms. The molecule has 0 amide bonds. The van der Waals surface area contributed by atoms with E-state index in [4.69, 9.17) is 9.47 Å². The first kappa shape index (κ1) is 5.63. The van der Waals surface area contributed by atoms with Crippen LogP contribution in [0.4, 0.5) is 0 Å². The SMILES string of the molecule is C=COC(C)C1CO1. The number of hydrogen-bond acceptors (Lipinski definition) is 2. The molecule has 2 atom stereocenters. The fourth-order valence-electron chi connectivity index (χ4n) is 0.566. The Morgan fingerprint density at radius 1 is 2.00 bits per heavy atom. The van der Waals surface area contributed by atoms with Gasteiger partial charge in [0.1, 0.15) is 12.2 Å². The van der Waals surface area contributed by atoms with Gasteiger partial charge in [0.25, 0.3) is 0 Å². The van der Waals surface area contributed by atoms with Crippen molar-refractivity contribution in [3.63, 3.8) is 0 Å². The molecule has 0 aliphatic carbocycles. The van der Waals surface area contributed by atoms with Crippen LogP contribution in [-0.4, -0.2) is 18.8 Å². The van der Waals surface area contributed by atoms with E-state index in [0.717, 1.165) is 6.61 Å². The molecule has 2 nitrogen and oxygen atoms in total. The Balaban J connectivity index is 2.12. The summed E-state index contributed by atoms with van der Waals surface area (Å²) in [5.41, 5.74) is 0. The van der Waals surface area contributed by atoms with Crippen LogP contribution in [0.5, 0.6) is 0 Å². The largest absolute Gasteiger partial charge is 0.496 e. The maximum atomic E-state index is 5.00. The van der Waals surface area contributed by atoms with Gasteiger partial charge < -0.3 is 9.47 Å². The average Bonchev–Trinajstić information content (AvgIpc) is 2.45. The molecule has 2 heteroatoms. The summed E-state index contributed by atoms with van der Waals surface area (Å²) in [4.78, 5) is 0. The van der Waals surface area contributed by atoms with E-state index in [1.807, 2.05) is 6.92 Å². The molecule has 1 aliphatic rings. The maximum absolute atomic E-state index is 5.00. The zero-order valence-electron chi connectivity index (χ0n) is 4.96. The topological polar surface area (TPSA) is 21.8 Å². The predicted molar refractivity (Wildman–Crippen MR) is 30.5 cm³/mol. The van der Waals surface area contributed by atoms with Gasteiger partial charge in [-0.3, -0.25) is 0 Å². The zero-order valence-corrected chi connectivity index (χ0v) is 4.96. The third-order valence-electron chi connectivity index (χ3n) is 1.19. The van der Waals surface area contributed by atoms with Crippen molar-refractivity contribution in [2.45, 2.75) is 19.1 Å². The Kier molecular flexibility index (Phi) is 1.53. The lowest BCUT2D eigenvalue weighted by Gasteiger charge is -2.04. The van der Waals surface area contributed by atoms with Gasteiger partial charge in [0.05, 0.1) is 12.9 Å². The van der Waals surface area contributed by atoms with Crippen LogP contribution in [-0.2, 0) is 9.47 Å². The smallest absolute Gasteiger partial charge is 0.123 e. The Hall–Kier alpha value is -0.500. The Morgan fingerprint density at radius 2 is 2.62 bits per heavy atom. The van der Waals surface area contributed by atoms with Crippen LogP contribution in [0.3, 0.4) is 0 Å². The van der Waals surface area contributed by atoms with Crippen molar-refractivity contribution in [1.82, 2.24) is 0 Å². The number of epoxide rings is 1. The highest BCUT2D eigenvalue weighted by atomic mass is 16.6. The molecule has 1 aliphatic heterocycles. The highest BCUT2D eigenvalue weighted by Crippen LogP contribution is 2.15. The first-order valence-corrected chi connectivity index (χ1v) is 2.72. The van der Waals surface area contributed by atoms with Crippen molar-refractivity contribution in [1.29, 1.82) is 0 Å². The fraction of sp³-hybridized carbons (Fsp3) is 0.667. The van der Waals surface area contributed by atoms with Gasteiger partial charge in [-0.05, 0) is 6.92 Å². The minimum atomic E-state index is 0.187. The van der Waals surface area contributed by atoms with Crippen molar-refractivity contribution in [2.75, 3.05) is 6.61 Å². The molecule has 46 valence electrons. The van der Waals surface area contributed by atoms with Crippen molar-refractivity contribution in [2.24, 2.45) is 0 Å². The minimum absolute atomic E-state index is 0.187. The van der Waals surface area contributed by atoms with Crippen LogP contribution in [0.2, 0.25) is 0 Å². The first-order valence-electron chi connectivity index (χ1n) is 2.72. The standard InChI is InChI=1S/C6H10O2/c1-3-7-5(2)6-4-8-6/h3,5-6H,1,4H2,2H3. The van der Waals surface area contributed by atoms with Gasteiger partial charge in [-0.2, -0.15) is 0 Å². The van der Waals surface area contributed by atoms with Crippen LogP contribution in [0.25, 0.3) is 0 Å². The second-order valence-electron chi connectivity index (χ2n) is 1.88. The van der Waals surface area contributed by atoms with Gasteiger partial charge in [0, 0.05) is 0 Å². The molecule has 1 fully saturated rings. The zero-order chi connectivity index (χ0) is 5.98. The highest BCUT2D eigenvalue weighted by Gasteiger charge is 2.29. The monoisotopic (exact) mass is 114 g/mol. The Bertz CT molecular complexity index is 86.5. The van der Waals surface area contributed by atoms with Crippen molar-refractivity contribution >= 4 is 0 Å². The van der Waals surface area contributed by atoms with Crippen LogP contribution in [0, 0.1) is 0 Å². The Morgan fingerprint density at radius 3 is 3.00 bits per heavy atom. The molecular formula is C6H10O2. The highest BCUT2D eigenvalue weighted by molar-refractivity contribution is 4.77. The second kappa shape index (κ2) is 2.18. The van der Waals surface area contributed by atoms with E-state index in [2.05, 4.69) is 6.58 Å². The normalized spacial score (nSPS) is 28.9. The summed E-state index contributed by atoms with van der Waals surface area (Å²) in [5.74, 6) is 0. The maximum Gasteiger partial charge on any atom is 0.123 e. The van der Waals surface area contributed by atoms with Crippen LogP contribution in [0.1, 0.15) is 6.92 Å². The number of ether oxygens (including phenoxy) is 2. The lowest BCUT2D eigenvalue weighted by atomic mass is 10.3. The van der Waals surface area contributed by atoms with E-state index >= 15 is 0 Å². The van der Waals surface area contributed by atoms with Crippen LogP contribution < -0.4 is 0 Å². The van der Waals surface area contributed by atoms with Crippen molar-refractivity contribution in [3.05, 3.63) is 12.8 Å². The van der Waals surface area contributed by atoms with Gasteiger partial charge >= 0.3 is 0 Å². The molecule has 2 unspecified atom stereocenters. The third kappa shape index (κ3) is 1.23. The molecule has 0 N–H and O–H groups in total. The second-order valence-corrected chi connectivity index (χ2v) is 1.88. The summed E-state index contributed by atoms with van der Waals surface area (Å²) in [7, 11) is 0. The number of hydrogen-bond donors (Lipinski definition) is 0. The van der Waals surface area contributed by atoms with Crippen LogP contribution in [0.15, 0.2) is 12.8 Å². The minimum Gasteiger partial charge on any atom is -0.496 e. The van der Waals surface area contributed by atoms with Crippen molar-refractivity contribution in [3.8, 4) is 0 Å². The van der Waals surface area contributed by atoms with E-state index in [1.54, 1.807) is 0 Å².